The lowest BCUT2D eigenvalue weighted by Crippen LogP contribution is -2.42. The minimum absolute atomic E-state index is 0.0111. The van der Waals surface area contributed by atoms with Crippen LogP contribution in [-0.4, -0.2) is 62.1 Å². The van der Waals surface area contributed by atoms with E-state index in [-0.39, 0.29) is 12.0 Å². The second-order valence-corrected chi connectivity index (χ2v) is 6.35. The smallest absolute Gasteiger partial charge is 0.382 e. The average Bonchev–Trinajstić information content (AvgIpc) is 3.22. The number of hydrogen-bond acceptors (Lipinski definition) is 7. The summed E-state index contributed by atoms with van der Waals surface area (Å²) in [5.74, 6) is 0.476. The third-order valence-corrected chi connectivity index (χ3v) is 4.37. The molecule has 0 amide bonds. The van der Waals surface area contributed by atoms with Crippen molar-refractivity contribution in [1.29, 1.82) is 0 Å². The van der Waals surface area contributed by atoms with E-state index < -0.39 is 18.3 Å². The Kier molecular flexibility index (Phi) is 5.19. The lowest BCUT2D eigenvalue weighted by atomic mass is 10.2. The van der Waals surface area contributed by atoms with Crippen molar-refractivity contribution in [1.82, 2.24) is 24.8 Å². The van der Waals surface area contributed by atoms with Crippen LogP contribution in [0.15, 0.2) is 6.33 Å². The van der Waals surface area contributed by atoms with Gasteiger partial charge in [-0.05, 0) is 26.8 Å². The predicted octanol–water partition coefficient (Wildman–Crippen LogP) is 1.34. The Morgan fingerprint density at radius 1 is 1.42 bits per heavy atom. The highest BCUT2D eigenvalue weighted by molar-refractivity contribution is 5.84. The van der Waals surface area contributed by atoms with Crippen LogP contribution in [-0.2, 0) is 6.54 Å². The molecule has 3 atom stereocenters. The molecule has 0 aromatic carbocycles. The molecule has 1 aliphatic rings. The number of aromatic nitrogens is 4. The van der Waals surface area contributed by atoms with Gasteiger partial charge < -0.3 is 25.6 Å². The van der Waals surface area contributed by atoms with Gasteiger partial charge in [0.15, 0.2) is 23.1 Å². The zero-order valence-corrected chi connectivity index (χ0v) is 14.5. The number of nitrogens with one attached hydrogen (secondary N) is 3. The molecular formula is C15H22F3N7O. The van der Waals surface area contributed by atoms with Gasteiger partial charge in [0.05, 0.1) is 12.4 Å². The summed E-state index contributed by atoms with van der Waals surface area (Å²) in [5, 5.41) is 18.5. The molecule has 0 aliphatic carbocycles. The molecule has 1 aliphatic heterocycles. The molecule has 1 fully saturated rings. The molecule has 0 bridgehead atoms. The van der Waals surface area contributed by atoms with Crippen molar-refractivity contribution in [3.63, 3.8) is 0 Å². The Balaban J connectivity index is 1.91. The quantitative estimate of drug-likeness (QED) is 0.606. The summed E-state index contributed by atoms with van der Waals surface area (Å²) in [6, 6.07) is -1.14. The van der Waals surface area contributed by atoms with Crippen molar-refractivity contribution in [3.05, 3.63) is 6.33 Å². The van der Waals surface area contributed by atoms with Crippen molar-refractivity contribution in [2.45, 2.75) is 51.2 Å². The predicted molar refractivity (Wildman–Crippen MR) is 91.0 cm³/mol. The number of rotatable bonds is 6. The van der Waals surface area contributed by atoms with Gasteiger partial charge in [-0.1, -0.05) is 0 Å². The molecule has 0 radical (unpaired) electrons. The molecule has 8 nitrogen and oxygen atoms in total. The number of anilines is 2. The van der Waals surface area contributed by atoms with Crippen LogP contribution in [0.4, 0.5) is 24.9 Å². The Bertz CT molecular complexity index is 758. The Morgan fingerprint density at radius 3 is 2.81 bits per heavy atom. The van der Waals surface area contributed by atoms with Crippen molar-refractivity contribution in [2.24, 2.45) is 0 Å². The van der Waals surface area contributed by atoms with E-state index in [0.29, 0.717) is 23.5 Å². The zero-order chi connectivity index (χ0) is 18.9. The van der Waals surface area contributed by atoms with E-state index in [0.717, 1.165) is 19.5 Å². The van der Waals surface area contributed by atoms with Gasteiger partial charge in [-0.15, -0.1) is 0 Å². The summed E-state index contributed by atoms with van der Waals surface area (Å²) in [4.78, 5) is 12.9. The fraction of sp³-hybridized carbons (Fsp3) is 0.667. The average molecular weight is 373 g/mol. The molecular weight excluding hydrogens is 351 g/mol. The van der Waals surface area contributed by atoms with E-state index in [1.807, 2.05) is 6.92 Å². The monoisotopic (exact) mass is 373 g/mol. The van der Waals surface area contributed by atoms with Crippen molar-refractivity contribution in [2.75, 3.05) is 23.7 Å². The zero-order valence-electron chi connectivity index (χ0n) is 14.5. The fourth-order valence-corrected chi connectivity index (χ4v) is 2.88. The van der Waals surface area contributed by atoms with E-state index in [2.05, 4.69) is 30.9 Å². The Hall–Kier alpha value is -2.14. The first-order chi connectivity index (χ1) is 12.3. The van der Waals surface area contributed by atoms with E-state index in [9.17, 15) is 18.3 Å². The van der Waals surface area contributed by atoms with Crippen LogP contribution in [0, 0.1) is 0 Å². The molecule has 2 unspecified atom stereocenters. The number of hydrogen-bond donors (Lipinski definition) is 4. The van der Waals surface area contributed by atoms with Gasteiger partial charge in [-0.25, -0.2) is 4.98 Å². The first-order valence-electron chi connectivity index (χ1n) is 8.51. The molecule has 1 saturated heterocycles. The second kappa shape index (κ2) is 7.23. The third-order valence-electron chi connectivity index (χ3n) is 4.37. The summed E-state index contributed by atoms with van der Waals surface area (Å²) in [7, 11) is 0. The van der Waals surface area contributed by atoms with Gasteiger partial charge in [0.2, 0.25) is 5.95 Å². The summed E-state index contributed by atoms with van der Waals surface area (Å²) < 4.78 is 39.9. The number of alkyl halides is 3. The molecule has 3 heterocycles. The number of aryl methyl sites for hydroxylation is 1. The lowest BCUT2D eigenvalue weighted by Gasteiger charge is -2.22. The van der Waals surface area contributed by atoms with Gasteiger partial charge in [-0.2, -0.15) is 23.1 Å². The van der Waals surface area contributed by atoms with E-state index >= 15 is 0 Å². The number of imidazole rings is 1. The molecule has 26 heavy (non-hydrogen) atoms. The highest BCUT2D eigenvalue weighted by atomic mass is 19.4. The number of halogens is 3. The van der Waals surface area contributed by atoms with Gasteiger partial charge in [0.25, 0.3) is 0 Å². The summed E-state index contributed by atoms with van der Waals surface area (Å²) in [6.07, 6.45) is -4.72. The van der Waals surface area contributed by atoms with Crippen LogP contribution >= 0.6 is 0 Å². The molecule has 2 aromatic heterocycles. The second-order valence-electron chi connectivity index (χ2n) is 6.35. The first-order valence-corrected chi connectivity index (χ1v) is 8.51. The molecule has 0 spiro atoms. The molecule has 4 N–H and O–H groups in total. The third kappa shape index (κ3) is 3.83. The first kappa shape index (κ1) is 18.6. The van der Waals surface area contributed by atoms with Crippen LogP contribution in [0.5, 0.6) is 0 Å². The summed E-state index contributed by atoms with van der Waals surface area (Å²) in [6.45, 7) is 5.41. The van der Waals surface area contributed by atoms with Crippen LogP contribution in [0.1, 0.15) is 20.3 Å². The topological polar surface area (TPSA) is 99.9 Å². The Labute approximate surface area is 148 Å². The van der Waals surface area contributed by atoms with Gasteiger partial charge in [0, 0.05) is 19.1 Å². The molecule has 0 saturated carbocycles. The number of aliphatic hydroxyl groups excluding tert-OH is 1. The maximum atomic E-state index is 12.7. The van der Waals surface area contributed by atoms with Crippen molar-refractivity contribution < 1.29 is 18.3 Å². The lowest BCUT2D eigenvalue weighted by molar-refractivity contribution is -0.206. The summed E-state index contributed by atoms with van der Waals surface area (Å²) >= 11 is 0. The molecule has 144 valence electrons. The molecule has 11 heteroatoms. The number of nitrogens with zero attached hydrogens (tertiary/aromatic N) is 4. The molecule has 3 rings (SSSR count). The largest absolute Gasteiger partial charge is 0.416 e. The van der Waals surface area contributed by atoms with Crippen LogP contribution in [0.3, 0.4) is 0 Å². The number of fused-ring (bicyclic) bond motifs is 1. The SMILES string of the molecule is CCn1cnc2c(N[C@H]3CCNC3)nc(NC(C)C(O)C(F)(F)F)nc21. The molecule has 2 aromatic rings. The van der Waals surface area contributed by atoms with Crippen LogP contribution < -0.4 is 16.0 Å². The van der Waals surface area contributed by atoms with Crippen LogP contribution in [0.25, 0.3) is 11.2 Å². The maximum absolute atomic E-state index is 12.7. The fourth-order valence-electron chi connectivity index (χ4n) is 2.88. The highest BCUT2D eigenvalue weighted by Gasteiger charge is 2.42. The van der Waals surface area contributed by atoms with E-state index in [1.165, 1.54) is 6.92 Å². The maximum Gasteiger partial charge on any atom is 0.416 e. The van der Waals surface area contributed by atoms with E-state index in [4.69, 9.17) is 0 Å². The van der Waals surface area contributed by atoms with E-state index in [1.54, 1.807) is 10.9 Å². The van der Waals surface area contributed by atoms with Crippen molar-refractivity contribution >= 4 is 22.9 Å². The van der Waals surface area contributed by atoms with Crippen molar-refractivity contribution in [3.8, 4) is 0 Å². The van der Waals surface area contributed by atoms with Crippen LogP contribution in [0.2, 0.25) is 0 Å². The minimum Gasteiger partial charge on any atom is -0.382 e. The standard InChI is InChI=1S/C15H22F3N7O/c1-3-25-7-20-10-12(22-9-4-5-19-6-9)23-14(24-13(10)25)21-8(2)11(26)15(16,17)18/h7-9,11,19,26H,3-6H2,1-2H3,(H2,21,22,23,24)/t8?,9-,11?/m0/s1. The normalized spacial score (nSPS) is 20.3. The van der Waals surface area contributed by atoms with Gasteiger partial charge in [0.1, 0.15) is 0 Å². The van der Waals surface area contributed by atoms with Gasteiger partial charge >= 0.3 is 6.18 Å². The Morgan fingerprint density at radius 2 is 2.19 bits per heavy atom. The highest BCUT2D eigenvalue weighted by Crippen LogP contribution is 2.26. The minimum atomic E-state index is -4.72. The number of aliphatic hydroxyl groups is 1. The van der Waals surface area contributed by atoms with Gasteiger partial charge in [-0.3, -0.25) is 0 Å². The summed E-state index contributed by atoms with van der Waals surface area (Å²) in [5.41, 5.74) is 1.08.